The number of hydrogen-bond acceptors (Lipinski definition) is 4. The van der Waals surface area contributed by atoms with Gasteiger partial charge in [0.15, 0.2) is 5.13 Å². The highest BCUT2D eigenvalue weighted by Gasteiger charge is 2.36. The summed E-state index contributed by atoms with van der Waals surface area (Å²) in [6, 6.07) is 4.00. The molecular weight excluding hydrogens is 286 g/mol. The van der Waals surface area contributed by atoms with Crippen LogP contribution in [0.1, 0.15) is 24.1 Å². The highest BCUT2D eigenvalue weighted by Crippen LogP contribution is 2.33. The summed E-state index contributed by atoms with van der Waals surface area (Å²) in [6.07, 6.45) is 8.00. The zero-order valence-electron chi connectivity index (χ0n) is 12.0. The molecule has 1 fully saturated rings. The Hall–Kier alpha value is -1.66. The predicted octanol–water partition coefficient (Wildman–Crippen LogP) is 2.79. The molecule has 0 unspecified atom stereocenters. The molecule has 0 radical (unpaired) electrons. The van der Waals surface area contributed by atoms with Gasteiger partial charge in [-0.25, -0.2) is 4.98 Å². The van der Waals surface area contributed by atoms with Gasteiger partial charge in [0.25, 0.3) is 0 Å². The number of thiazole rings is 1. The maximum Gasteiger partial charge on any atom is 0.228 e. The lowest BCUT2D eigenvalue weighted by Crippen LogP contribution is -2.42. The molecule has 3 heterocycles. The number of carbonyl (C=O) groups is 1. The topological polar surface area (TPSA) is 56.2 Å². The van der Waals surface area contributed by atoms with Crippen molar-refractivity contribution in [2.45, 2.75) is 31.7 Å². The van der Waals surface area contributed by atoms with Gasteiger partial charge in [-0.05, 0) is 31.9 Å². The van der Waals surface area contributed by atoms with Gasteiger partial charge in [0, 0.05) is 36.7 Å². The Morgan fingerprint density at radius 3 is 2.76 bits per heavy atom. The van der Waals surface area contributed by atoms with Crippen LogP contribution < -0.4 is 5.32 Å². The molecule has 1 aliphatic heterocycles. The van der Waals surface area contributed by atoms with E-state index in [1.807, 2.05) is 31.5 Å². The number of amides is 1. The molecular formula is C15H19N3O2S. The van der Waals surface area contributed by atoms with Crippen molar-refractivity contribution < 1.29 is 9.53 Å². The highest BCUT2D eigenvalue weighted by atomic mass is 32.1. The smallest absolute Gasteiger partial charge is 0.228 e. The van der Waals surface area contributed by atoms with Gasteiger partial charge in [-0.15, -0.1) is 11.3 Å². The van der Waals surface area contributed by atoms with Crippen LogP contribution in [0.5, 0.6) is 0 Å². The monoisotopic (exact) mass is 305 g/mol. The fraction of sp³-hybridized carbons (Fsp3) is 0.467. The summed E-state index contributed by atoms with van der Waals surface area (Å²) in [4.78, 5) is 17.7. The SMILES string of the molecule is Cc1cnc(NC(=O)CC2(n3cccc3)CCOCC2)s1. The van der Waals surface area contributed by atoms with Crippen molar-refractivity contribution in [3.8, 4) is 0 Å². The van der Waals surface area contributed by atoms with Crippen molar-refractivity contribution >= 4 is 22.4 Å². The molecule has 6 heteroatoms. The van der Waals surface area contributed by atoms with E-state index >= 15 is 0 Å². The first-order valence-corrected chi connectivity index (χ1v) is 7.93. The van der Waals surface area contributed by atoms with E-state index in [9.17, 15) is 4.79 Å². The Bertz CT molecular complexity index is 600. The van der Waals surface area contributed by atoms with E-state index in [2.05, 4.69) is 14.9 Å². The maximum atomic E-state index is 12.4. The van der Waals surface area contributed by atoms with Gasteiger partial charge >= 0.3 is 0 Å². The second-order valence-corrected chi connectivity index (χ2v) is 6.66. The summed E-state index contributed by atoms with van der Waals surface area (Å²) >= 11 is 1.50. The van der Waals surface area contributed by atoms with E-state index in [0.717, 1.165) is 17.7 Å². The van der Waals surface area contributed by atoms with Crippen LogP contribution in [0.25, 0.3) is 0 Å². The molecule has 112 valence electrons. The van der Waals surface area contributed by atoms with Crippen molar-refractivity contribution in [3.05, 3.63) is 35.6 Å². The second kappa shape index (κ2) is 5.99. The van der Waals surface area contributed by atoms with E-state index in [4.69, 9.17) is 4.74 Å². The van der Waals surface area contributed by atoms with Crippen LogP contribution in [0, 0.1) is 6.92 Å². The minimum Gasteiger partial charge on any atom is -0.381 e. The third-order valence-corrected chi connectivity index (χ3v) is 4.76. The molecule has 1 amide bonds. The third kappa shape index (κ3) is 3.16. The molecule has 1 N–H and O–H groups in total. The fourth-order valence-corrected chi connectivity index (χ4v) is 3.48. The minimum absolute atomic E-state index is 0.0138. The summed E-state index contributed by atoms with van der Waals surface area (Å²) in [7, 11) is 0. The largest absolute Gasteiger partial charge is 0.381 e. The Balaban J connectivity index is 1.74. The molecule has 0 saturated carbocycles. The number of aromatic nitrogens is 2. The van der Waals surface area contributed by atoms with Crippen LogP contribution in [0.2, 0.25) is 0 Å². The first-order chi connectivity index (χ1) is 10.2. The first-order valence-electron chi connectivity index (χ1n) is 7.11. The molecule has 5 nitrogen and oxygen atoms in total. The number of carbonyl (C=O) groups excluding carboxylic acids is 1. The van der Waals surface area contributed by atoms with Crippen molar-refractivity contribution in [1.82, 2.24) is 9.55 Å². The number of rotatable bonds is 4. The Kier molecular flexibility index (Phi) is 4.07. The van der Waals surface area contributed by atoms with E-state index in [-0.39, 0.29) is 11.4 Å². The summed E-state index contributed by atoms with van der Waals surface area (Å²) in [5, 5.41) is 3.58. The standard InChI is InChI=1S/C15H19N3O2S/c1-12-11-16-14(21-12)17-13(19)10-15(4-8-20-9-5-15)18-6-2-3-7-18/h2-3,6-7,11H,4-5,8-10H2,1H3,(H,16,17,19). The summed E-state index contributed by atoms with van der Waals surface area (Å²) in [6.45, 7) is 3.37. The number of anilines is 1. The average Bonchev–Trinajstić information content (AvgIpc) is 3.12. The van der Waals surface area contributed by atoms with Crippen LogP contribution in [0.4, 0.5) is 5.13 Å². The summed E-state index contributed by atoms with van der Waals surface area (Å²) < 4.78 is 7.63. The molecule has 0 spiro atoms. The fourth-order valence-electron chi connectivity index (χ4n) is 2.80. The highest BCUT2D eigenvalue weighted by molar-refractivity contribution is 7.15. The van der Waals surface area contributed by atoms with E-state index in [1.165, 1.54) is 11.3 Å². The molecule has 0 atom stereocenters. The van der Waals surface area contributed by atoms with E-state index in [1.54, 1.807) is 6.20 Å². The van der Waals surface area contributed by atoms with Crippen LogP contribution in [-0.4, -0.2) is 28.7 Å². The number of nitrogens with one attached hydrogen (secondary N) is 1. The number of aryl methyl sites for hydroxylation is 1. The van der Waals surface area contributed by atoms with Gasteiger partial charge in [-0.1, -0.05) is 0 Å². The molecule has 2 aromatic rings. The second-order valence-electron chi connectivity index (χ2n) is 5.43. The van der Waals surface area contributed by atoms with Gasteiger partial charge in [0.2, 0.25) is 5.91 Å². The number of nitrogens with zero attached hydrogens (tertiary/aromatic N) is 2. The molecule has 2 aromatic heterocycles. The molecule has 0 aromatic carbocycles. The van der Waals surface area contributed by atoms with Crippen molar-refractivity contribution in [2.75, 3.05) is 18.5 Å². The molecule has 0 aliphatic carbocycles. The van der Waals surface area contributed by atoms with Crippen LogP contribution >= 0.6 is 11.3 Å². The van der Waals surface area contributed by atoms with E-state index in [0.29, 0.717) is 24.8 Å². The Morgan fingerprint density at radius 1 is 1.43 bits per heavy atom. The molecule has 1 aliphatic rings. The van der Waals surface area contributed by atoms with Gasteiger partial charge in [0.05, 0.1) is 12.0 Å². The normalized spacial score (nSPS) is 17.6. The summed E-state index contributed by atoms with van der Waals surface area (Å²) in [5.41, 5.74) is -0.182. The third-order valence-electron chi connectivity index (χ3n) is 3.93. The summed E-state index contributed by atoms with van der Waals surface area (Å²) in [5.74, 6) is 0.0138. The lowest BCUT2D eigenvalue weighted by atomic mass is 9.86. The Morgan fingerprint density at radius 2 is 2.14 bits per heavy atom. The number of hydrogen-bond donors (Lipinski definition) is 1. The van der Waals surface area contributed by atoms with Gasteiger partial charge in [-0.2, -0.15) is 0 Å². The van der Waals surface area contributed by atoms with Crippen LogP contribution in [0.15, 0.2) is 30.7 Å². The van der Waals surface area contributed by atoms with Gasteiger partial charge in [0.1, 0.15) is 0 Å². The molecule has 0 bridgehead atoms. The quantitative estimate of drug-likeness (QED) is 0.945. The average molecular weight is 305 g/mol. The van der Waals surface area contributed by atoms with Gasteiger partial charge in [-0.3, -0.25) is 4.79 Å². The Labute approximate surface area is 128 Å². The molecule has 3 rings (SSSR count). The van der Waals surface area contributed by atoms with Crippen molar-refractivity contribution in [3.63, 3.8) is 0 Å². The lowest BCUT2D eigenvalue weighted by molar-refractivity contribution is -0.119. The number of ether oxygens (including phenoxy) is 1. The molecule has 21 heavy (non-hydrogen) atoms. The van der Waals surface area contributed by atoms with Crippen molar-refractivity contribution in [2.24, 2.45) is 0 Å². The zero-order valence-corrected chi connectivity index (χ0v) is 12.9. The lowest BCUT2D eigenvalue weighted by Gasteiger charge is -2.38. The van der Waals surface area contributed by atoms with Crippen LogP contribution in [-0.2, 0) is 15.1 Å². The van der Waals surface area contributed by atoms with Crippen molar-refractivity contribution in [1.29, 1.82) is 0 Å². The predicted molar refractivity (Wildman–Crippen MR) is 82.6 cm³/mol. The van der Waals surface area contributed by atoms with Crippen LogP contribution in [0.3, 0.4) is 0 Å². The maximum absolute atomic E-state index is 12.4. The zero-order chi connectivity index (χ0) is 14.7. The minimum atomic E-state index is -0.182. The van der Waals surface area contributed by atoms with Gasteiger partial charge < -0.3 is 14.6 Å². The first kappa shape index (κ1) is 14.3. The molecule has 1 saturated heterocycles. The van der Waals surface area contributed by atoms with E-state index < -0.39 is 0 Å².